The van der Waals surface area contributed by atoms with Crippen LogP contribution < -0.4 is 0 Å². The highest BCUT2D eigenvalue weighted by atomic mass is 79.9. The molecule has 0 bridgehead atoms. The second kappa shape index (κ2) is 3.66. The minimum absolute atomic E-state index is 0.245. The fourth-order valence-electron chi connectivity index (χ4n) is 1.50. The topological polar surface area (TPSA) is 63.6 Å². The lowest BCUT2D eigenvalue weighted by atomic mass is 9.91. The van der Waals surface area contributed by atoms with Crippen molar-refractivity contribution in [3.05, 3.63) is 34.5 Å². The molecule has 78 valence electrons. The molecule has 2 atom stereocenters. The molecule has 1 heterocycles. The van der Waals surface area contributed by atoms with Gasteiger partial charge in [-0.1, -0.05) is 22.0 Å². The van der Waals surface area contributed by atoms with Crippen molar-refractivity contribution in [2.45, 2.75) is 6.10 Å². The van der Waals surface area contributed by atoms with Crippen LogP contribution in [0.25, 0.3) is 0 Å². The minimum Gasteiger partial charge on any atom is -0.478 e. The number of carboxylic acid groups (broad SMARTS) is 1. The van der Waals surface area contributed by atoms with Gasteiger partial charge in [0.05, 0.1) is 5.92 Å². The van der Waals surface area contributed by atoms with E-state index in [2.05, 4.69) is 15.9 Å². The van der Waals surface area contributed by atoms with E-state index in [-0.39, 0.29) is 11.5 Å². The van der Waals surface area contributed by atoms with Gasteiger partial charge in [0.2, 0.25) is 5.76 Å². The lowest BCUT2D eigenvalue weighted by molar-refractivity contribution is -0.140. The van der Waals surface area contributed by atoms with Gasteiger partial charge in [-0.05, 0) is 12.2 Å². The molecule has 0 saturated carbocycles. The fourth-order valence-corrected chi connectivity index (χ4v) is 1.94. The Kier molecular flexibility index (Phi) is 2.48. The predicted molar refractivity (Wildman–Crippen MR) is 55.2 cm³/mol. The van der Waals surface area contributed by atoms with Crippen molar-refractivity contribution in [2.75, 3.05) is 0 Å². The molecular formula is C10H7BrO4. The number of hydrogen-bond donors (Lipinski definition) is 1. The van der Waals surface area contributed by atoms with Crippen LogP contribution in [-0.2, 0) is 14.3 Å². The third-order valence-electron chi connectivity index (χ3n) is 2.21. The maximum atomic E-state index is 11.6. The monoisotopic (exact) mass is 270 g/mol. The fraction of sp³-hybridized carbons (Fsp3) is 0.200. The highest BCUT2D eigenvalue weighted by Crippen LogP contribution is 2.29. The molecule has 0 fully saturated rings. The molecule has 1 N–H and O–H groups in total. The van der Waals surface area contributed by atoms with Gasteiger partial charge in [-0.25, -0.2) is 4.79 Å². The smallest absolute Gasteiger partial charge is 0.371 e. The molecular weight excluding hydrogens is 264 g/mol. The number of aliphatic carboxylic acids is 1. The first kappa shape index (κ1) is 10.2. The van der Waals surface area contributed by atoms with Gasteiger partial charge in [-0.3, -0.25) is 4.79 Å². The summed E-state index contributed by atoms with van der Waals surface area (Å²) >= 11 is 3.25. The van der Waals surface area contributed by atoms with E-state index >= 15 is 0 Å². The van der Waals surface area contributed by atoms with E-state index in [0.29, 0.717) is 0 Å². The summed E-state index contributed by atoms with van der Waals surface area (Å²) in [6.45, 7) is 0. The number of carboxylic acids is 1. The second-order valence-corrected chi connectivity index (χ2v) is 4.15. The molecule has 2 rings (SSSR count). The van der Waals surface area contributed by atoms with Gasteiger partial charge in [0, 0.05) is 10.6 Å². The van der Waals surface area contributed by atoms with Crippen molar-refractivity contribution in [2.24, 2.45) is 5.92 Å². The molecule has 0 spiro atoms. The summed E-state index contributed by atoms with van der Waals surface area (Å²) in [5.74, 6) is -2.18. The number of carbonyl (C=O) groups is 2. The zero-order valence-electron chi connectivity index (χ0n) is 7.51. The van der Waals surface area contributed by atoms with Crippen LogP contribution in [0.4, 0.5) is 0 Å². The molecule has 0 amide bonds. The maximum Gasteiger partial charge on any atom is 0.371 e. The number of hydrogen-bond acceptors (Lipinski definition) is 3. The summed E-state index contributed by atoms with van der Waals surface area (Å²) in [6.07, 6.45) is 5.64. The van der Waals surface area contributed by atoms with Crippen molar-refractivity contribution in [1.29, 1.82) is 0 Å². The molecule has 1 aliphatic carbocycles. The van der Waals surface area contributed by atoms with E-state index in [9.17, 15) is 9.59 Å². The molecule has 0 aromatic rings. The Labute approximate surface area is 94.0 Å². The van der Waals surface area contributed by atoms with Crippen LogP contribution in [0.3, 0.4) is 0 Å². The van der Waals surface area contributed by atoms with Crippen LogP contribution in [0.1, 0.15) is 0 Å². The Morgan fingerprint density at radius 2 is 2.27 bits per heavy atom. The average Bonchev–Trinajstić information content (AvgIpc) is 2.18. The van der Waals surface area contributed by atoms with Gasteiger partial charge in [-0.2, -0.15) is 0 Å². The third-order valence-corrected chi connectivity index (χ3v) is 2.74. The van der Waals surface area contributed by atoms with Crippen LogP contribution in [0, 0.1) is 5.92 Å². The number of rotatable bonds is 1. The van der Waals surface area contributed by atoms with Crippen molar-refractivity contribution in [3.63, 3.8) is 0 Å². The maximum absolute atomic E-state index is 11.6. The molecule has 0 aromatic carbocycles. The van der Waals surface area contributed by atoms with Crippen LogP contribution in [0.5, 0.6) is 0 Å². The van der Waals surface area contributed by atoms with E-state index in [1.54, 1.807) is 18.2 Å². The van der Waals surface area contributed by atoms with Gasteiger partial charge >= 0.3 is 5.97 Å². The first-order valence-corrected chi connectivity index (χ1v) is 5.08. The first-order valence-electron chi connectivity index (χ1n) is 4.29. The quantitative estimate of drug-likeness (QED) is 0.782. The van der Waals surface area contributed by atoms with Gasteiger partial charge in [0.15, 0.2) is 5.78 Å². The summed E-state index contributed by atoms with van der Waals surface area (Å²) in [4.78, 5) is 22.2. The number of fused-ring (bicyclic) bond motifs is 1. The Morgan fingerprint density at radius 1 is 1.53 bits per heavy atom. The minimum atomic E-state index is -1.22. The summed E-state index contributed by atoms with van der Waals surface area (Å²) in [5, 5.41) is 8.70. The first-order chi connectivity index (χ1) is 7.08. The Balaban J connectivity index is 2.33. The van der Waals surface area contributed by atoms with Crippen molar-refractivity contribution >= 4 is 27.7 Å². The van der Waals surface area contributed by atoms with Gasteiger partial charge in [0.25, 0.3) is 0 Å². The van der Waals surface area contributed by atoms with Crippen molar-refractivity contribution in [3.8, 4) is 0 Å². The largest absolute Gasteiger partial charge is 0.478 e. The number of halogens is 1. The van der Waals surface area contributed by atoms with E-state index < -0.39 is 18.0 Å². The molecule has 2 unspecified atom stereocenters. The Hall–Kier alpha value is -1.36. The van der Waals surface area contributed by atoms with E-state index in [1.165, 1.54) is 0 Å². The number of ether oxygens (including phenoxy) is 1. The van der Waals surface area contributed by atoms with E-state index in [0.717, 1.165) is 10.6 Å². The molecule has 0 radical (unpaired) electrons. The van der Waals surface area contributed by atoms with Crippen LogP contribution in [0.2, 0.25) is 0 Å². The van der Waals surface area contributed by atoms with Crippen molar-refractivity contribution in [1.82, 2.24) is 0 Å². The SMILES string of the molecule is O=C(O)C1=CC(=O)C2C=C(Br)C=CC2O1. The summed E-state index contributed by atoms with van der Waals surface area (Å²) in [7, 11) is 0. The Morgan fingerprint density at radius 3 is 2.93 bits per heavy atom. The number of carbonyl (C=O) groups excluding carboxylic acids is 1. The van der Waals surface area contributed by atoms with Crippen LogP contribution in [0.15, 0.2) is 34.5 Å². The molecule has 15 heavy (non-hydrogen) atoms. The predicted octanol–water partition coefficient (Wildman–Crippen LogP) is 1.39. The van der Waals surface area contributed by atoms with Gasteiger partial charge in [-0.15, -0.1) is 0 Å². The van der Waals surface area contributed by atoms with Crippen LogP contribution in [-0.4, -0.2) is 23.0 Å². The number of ketones is 1. The summed E-state index contributed by atoms with van der Waals surface area (Å²) in [6, 6.07) is 0. The lowest BCUT2D eigenvalue weighted by Gasteiger charge is -2.27. The molecule has 5 heteroatoms. The van der Waals surface area contributed by atoms with E-state index in [1.807, 2.05) is 0 Å². The zero-order valence-corrected chi connectivity index (χ0v) is 9.10. The number of allylic oxidation sites excluding steroid dienone is 3. The van der Waals surface area contributed by atoms with Gasteiger partial charge < -0.3 is 9.84 Å². The summed E-state index contributed by atoms with van der Waals surface area (Å²) < 4.78 is 5.96. The second-order valence-electron chi connectivity index (χ2n) is 3.24. The molecule has 4 nitrogen and oxygen atoms in total. The van der Waals surface area contributed by atoms with E-state index in [4.69, 9.17) is 9.84 Å². The summed E-state index contributed by atoms with van der Waals surface area (Å²) in [5.41, 5.74) is 0. The third kappa shape index (κ3) is 1.87. The average molecular weight is 271 g/mol. The molecule has 0 saturated heterocycles. The molecule has 0 aromatic heterocycles. The highest BCUT2D eigenvalue weighted by Gasteiger charge is 2.34. The normalized spacial score (nSPS) is 28.7. The van der Waals surface area contributed by atoms with Crippen LogP contribution >= 0.6 is 15.9 Å². The Bertz CT molecular complexity index is 419. The molecule has 2 aliphatic rings. The van der Waals surface area contributed by atoms with Crippen molar-refractivity contribution < 1.29 is 19.4 Å². The highest BCUT2D eigenvalue weighted by molar-refractivity contribution is 9.11. The lowest BCUT2D eigenvalue weighted by Crippen LogP contribution is -2.34. The standard InChI is InChI=1S/C10H7BrO4/c11-5-1-2-8-6(3-5)7(12)4-9(15-8)10(13)14/h1-4,6,8H,(H,13,14). The van der Waals surface area contributed by atoms with Gasteiger partial charge in [0.1, 0.15) is 6.10 Å². The molecule has 1 aliphatic heterocycles. The zero-order chi connectivity index (χ0) is 11.0.